The summed E-state index contributed by atoms with van der Waals surface area (Å²) in [5, 5.41) is 0. The molecular formula is C7H7N3O2. The molecule has 0 amide bonds. The van der Waals surface area contributed by atoms with Crippen molar-refractivity contribution in [2.24, 2.45) is 5.73 Å². The molecule has 0 atom stereocenters. The lowest BCUT2D eigenvalue weighted by atomic mass is 10.3. The summed E-state index contributed by atoms with van der Waals surface area (Å²) in [4.78, 5) is 25.8. The summed E-state index contributed by atoms with van der Waals surface area (Å²) < 4.78 is 0. The van der Waals surface area contributed by atoms with E-state index in [0.717, 1.165) is 0 Å². The lowest BCUT2D eigenvalue weighted by Crippen LogP contribution is -2.23. The summed E-state index contributed by atoms with van der Waals surface area (Å²) in [6.07, 6.45) is 1.25. The van der Waals surface area contributed by atoms with Gasteiger partial charge in [-0.3, -0.25) is 9.78 Å². The van der Waals surface area contributed by atoms with Crippen molar-refractivity contribution in [1.29, 1.82) is 0 Å². The van der Waals surface area contributed by atoms with Gasteiger partial charge in [0, 0.05) is 6.20 Å². The minimum Gasteiger partial charge on any atom is -0.320 e. The predicted molar refractivity (Wildman–Crippen MR) is 43.6 cm³/mol. The third-order valence-electron chi connectivity index (χ3n) is 1.14. The minimum absolute atomic E-state index is 0.179. The maximum Gasteiger partial charge on any atom is 0.325 e. The van der Waals surface area contributed by atoms with Crippen molar-refractivity contribution in [3.8, 4) is 11.8 Å². The molecule has 0 radical (unpaired) electrons. The molecule has 0 aliphatic heterocycles. The van der Waals surface area contributed by atoms with E-state index in [1.807, 2.05) is 4.98 Å². The van der Waals surface area contributed by atoms with E-state index in [4.69, 9.17) is 5.73 Å². The Kier molecular flexibility index (Phi) is 2.46. The van der Waals surface area contributed by atoms with Gasteiger partial charge in [-0.2, -0.15) is 0 Å². The molecule has 1 aromatic rings. The van der Waals surface area contributed by atoms with Crippen molar-refractivity contribution in [3.05, 3.63) is 32.6 Å². The predicted octanol–water partition coefficient (Wildman–Crippen LogP) is -1.63. The fraction of sp³-hybridized carbons (Fsp3) is 0.143. The van der Waals surface area contributed by atoms with Gasteiger partial charge in [-0.05, 0) is 0 Å². The van der Waals surface area contributed by atoms with Gasteiger partial charge < -0.3 is 10.7 Å². The number of H-pyrrole nitrogens is 2. The smallest absolute Gasteiger partial charge is 0.320 e. The van der Waals surface area contributed by atoms with Crippen LogP contribution in [0.15, 0.2) is 15.8 Å². The Labute approximate surface area is 67.6 Å². The molecule has 0 aliphatic carbocycles. The van der Waals surface area contributed by atoms with Gasteiger partial charge in [-0.25, -0.2) is 4.79 Å². The van der Waals surface area contributed by atoms with E-state index in [2.05, 4.69) is 16.8 Å². The molecule has 0 aliphatic rings. The highest BCUT2D eigenvalue weighted by atomic mass is 16.2. The quantitative estimate of drug-likeness (QED) is 0.403. The van der Waals surface area contributed by atoms with Gasteiger partial charge >= 0.3 is 5.69 Å². The van der Waals surface area contributed by atoms with Crippen LogP contribution >= 0.6 is 0 Å². The zero-order valence-electron chi connectivity index (χ0n) is 6.18. The number of nitrogens with two attached hydrogens (primary N) is 1. The molecule has 0 saturated carbocycles. The van der Waals surface area contributed by atoms with Gasteiger partial charge in [-0.15, -0.1) is 0 Å². The average Bonchev–Trinajstić information content (AvgIpc) is 2.03. The van der Waals surface area contributed by atoms with Crippen LogP contribution in [-0.2, 0) is 0 Å². The average molecular weight is 165 g/mol. The highest BCUT2D eigenvalue weighted by Gasteiger charge is 1.93. The Hall–Kier alpha value is -1.80. The van der Waals surface area contributed by atoms with Gasteiger partial charge in [0.05, 0.1) is 6.54 Å². The summed E-state index contributed by atoms with van der Waals surface area (Å²) in [5.41, 5.74) is 4.26. The first-order valence-electron chi connectivity index (χ1n) is 3.25. The van der Waals surface area contributed by atoms with Crippen molar-refractivity contribution < 1.29 is 0 Å². The molecule has 0 saturated heterocycles. The highest BCUT2D eigenvalue weighted by molar-refractivity contribution is 5.29. The molecule has 0 aromatic carbocycles. The lowest BCUT2D eigenvalue weighted by molar-refractivity contribution is 1.03. The molecule has 12 heavy (non-hydrogen) atoms. The Morgan fingerprint density at radius 1 is 1.50 bits per heavy atom. The molecule has 4 N–H and O–H groups in total. The summed E-state index contributed by atoms with van der Waals surface area (Å²) >= 11 is 0. The van der Waals surface area contributed by atoms with E-state index < -0.39 is 11.2 Å². The van der Waals surface area contributed by atoms with Crippen molar-refractivity contribution in [3.63, 3.8) is 0 Å². The van der Waals surface area contributed by atoms with Gasteiger partial charge in [0.25, 0.3) is 5.56 Å². The number of aromatic amines is 2. The number of hydrogen-bond acceptors (Lipinski definition) is 3. The summed E-state index contributed by atoms with van der Waals surface area (Å²) in [7, 11) is 0. The molecule has 0 fully saturated rings. The Morgan fingerprint density at radius 2 is 2.25 bits per heavy atom. The molecule has 0 bridgehead atoms. The maximum atomic E-state index is 10.9. The lowest BCUT2D eigenvalue weighted by Gasteiger charge is -1.85. The van der Waals surface area contributed by atoms with Crippen LogP contribution in [0.25, 0.3) is 0 Å². The molecule has 1 aromatic heterocycles. The van der Waals surface area contributed by atoms with Gasteiger partial charge in [0.15, 0.2) is 0 Å². The van der Waals surface area contributed by atoms with Gasteiger partial charge in [0.1, 0.15) is 5.56 Å². The number of aromatic nitrogens is 2. The number of rotatable bonds is 0. The molecule has 0 spiro atoms. The van der Waals surface area contributed by atoms with Crippen LogP contribution in [0.3, 0.4) is 0 Å². The number of nitrogens with one attached hydrogen (secondary N) is 2. The SMILES string of the molecule is NCC#Cc1c[nH]c(=O)[nH]c1=O. The van der Waals surface area contributed by atoms with E-state index in [1.165, 1.54) is 6.20 Å². The zero-order chi connectivity index (χ0) is 8.97. The van der Waals surface area contributed by atoms with E-state index in [-0.39, 0.29) is 12.1 Å². The molecule has 1 rings (SSSR count). The fourth-order valence-corrected chi connectivity index (χ4v) is 0.649. The van der Waals surface area contributed by atoms with Crippen LogP contribution in [0.1, 0.15) is 5.56 Å². The van der Waals surface area contributed by atoms with Crippen LogP contribution < -0.4 is 17.0 Å². The second kappa shape index (κ2) is 3.55. The van der Waals surface area contributed by atoms with Crippen molar-refractivity contribution in [2.45, 2.75) is 0 Å². The Morgan fingerprint density at radius 3 is 2.83 bits per heavy atom. The first-order valence-corrected chi connectivity index (χ1v) is 3.25. The monoisotopic (exact) mass is 165 g/mol. The summed E-state index contributed by atoms with van der Waals surface area (Å²) in [5.74, 6) is 5.01. The van der Waals surface area contributed by atoms with E-state index in [0.29, 0.717) is 0 Å². The molecule has 1 heterocycles. The summed E-state index contributed by atoms with van der Waals surface area (Å²) in [6.45, 7) is 0.179. The first kappa shape index (κ1) is 8.30. The number of hydrogen-bond donors (Lipinski definition) is 3. The van der Waals surface area contributed by atoms with Crippen LogP contribution in [-0.4, -0.2) is 16.5 Å². The topological polar surface area (TPSA) is 91.7 Å². The van der Waals surface area contributed by atoms with Crippen LogP contribution in [0.4, 0.5) is 0 Å². The van der Waals surface area contributed by atoms with Crippen LogP contribution in [0.5, 0.6) is 0 Å². The van der Waals surface area contributed by atoms with Gasteiger partial charge in [-0.1, -0.05) is 11.8 Å². The minimum atomic E-state index is -0.543. The van der Waals surface area contributed by atoms with Crippen LogP contribution in [0.2, 0.25) is 0 Å². The maximum absolute atomic E-state index is 10.9. The fourth-order valence-electron chi connectivity index (χ4n) is 0.649. The largest absolute Gasteiger partial charge is 0.325 e. The van der Waals surface area contributed by atoms with Gasteiger partial charge in [0.2, 0.25) is 0 Å². The van der Waals surface area contributed by atoms with E-state index >= 15 is 0 Å². The third kappa shape index (κ3) is 1.84. The second-order valence-electron chi connectivity index (χ2n) is 1.99. The first-order chi connectivity index (χ1) is 5.74. The van der Waals surface area contributed by atoms with Crippen molar-refractivity contribution in [2.75, 3.05) is 6.54 Å². The molecule has 0 unspecified atom stereocenters. The molecule has 62 valence electrons. The third-order valence-corrected chi connectivity index (χ3v) is 1.14. The molecular weight excluding hydrogens is 158 g/mol. The Balaban J connectivity index is 3.19. The second-order valence-corrected chi connectivity index (χ2v) is 1.99. The van der Waals surface area contributed by atoms with Crippen molar-refractivity contribution >= 4 is 0 Å². The molecule has 5 nitrogen and oxygen atoms in total. The molecule has 5 heteroatoms. The van der Waals surface area contributed by atoms with E-state index in [1.54, 1.807) is 0 Å². The normalized spacial score (nSPS) is 8.75. The standard InChI is InChI=1S/C7H7N3O2/c8-3-1-2-5-4-9-7(12)10-6(5)11/h4H,3,8H2,(H2,9,10,11,12). The summed E-state index contributed by atoms with van der Waals surface area (Å²) in [6, 6.07) is 0. The Bertz CT molecular complexity index is 432. The van der Waals surface area contributed by atoms with Crippen molar-refractivity contribution in [1.82, 2.24) is 9.97 Å². The van der Waals surface area contributed by atoms with E-state index in [9.17, 15) is 9.59 Å². The highest BCUT2D eigenvalue weighted by Crippen LogP contribution is 1.76. The zero-order valence-corrected chi connectivity index (χ0v) is 6.18. The van der Waals surface area contributed by atoms with Crippen LogP contribution in [0, 0.1) is 11.8 Å².